The van der Waals surface area contributed by atoms with E-state index in [2.05, 4.69) is 66.1 Å². The molecule has 1 aromatic heterocycles. The van der Waals surface area contributed by atoms with Gasteiger partial charge in [-0.3, -0.25) is 0 Å². The molecular weight excluding hydrogens is 262 g/mol. The Morgan fingerprint density at radius 3 is 2.69 bits per heavy atom. The SMILES string of the molecule is CC(C)CC(C)c1c[nH]c2ccc(Br)cc12. The van der Waals surface area contributed by atoms with Crippen LogP contribution in [0.5, 0.6) is 0 Å². The minimum atomic E-state index is 0.614. The molecule has 2 heteroatoms. The second-order valence-electron chi connectivity index (χ2n) is 4.96. The first-order valence-electron chi connectivity index (χ1n) is 5.84. The van der Waals surface area contributed by atoms with Crippen LogP contribution in [0, 0.1) is 5.92 Å². The second kappa shape index (κ2) is 4.62. The second-order valence-corrected chi connectivity index (χ2v) is 5.88. The molecule has 86 valence electrons. The van der Waals surface area contributed by atoms with Crippen LogP contribution in [0.25, 0.3) is 10.9 Å². The molecule has 2 rings (SSSR count). The first kappa shape index (κ1) is 11.7. The van der Waals surface area contributed by atoms with Crippen LogP contribution in [0.1, 0.15) is 38.7 Å². The Morgan fingerprint density at radius 2 is 2.00 bits per heavy atom. The molecule has 0 saturated heterocycles. The Balaban J connectivity index is 2.40. The molecule has 2 aromatic rings. The Kier molecular flexibility index (Phi) is 3.38. The van der Waals surface area contributed by atoms with E-state index in [1.54, 1.807) is 0 Å². The summed E-state index contributed by atoms with van der Waals surface area (Å²) in [7, 11) is 0. The zero-order valence-corrected chi connectivity index (χ0v) is 11.6. The van der Waals surface area contributed by atoms with Crippen molar-refractivity contribution in [3.63, 3.8) is 0 Å². The van der Waals surface area contributed by atoms with Gasteiger partial charge in [0, 0.05) is 21.6 Å². The van der Waals surface area contributed by atoms with E-state index in [4.69, 9.17) is 0 Å². The Hall–Kier alpha value is -0.760. The number of nitrogens with one attached hydrogen (secondary N) is 1. The number of hydrogen-bond acceptors (Lipinski definition) is 0. The highest BCUT2D eigenvalue weighted by atomic mass is 79.9. The zero-order valence-electron chi connectivity index (χ0n) is 10.0. The molecule has 0 amide bonds. The number of fused-ring (bicyclic) bond motifs is 1. The first-order chi connectivity index (χ1) is 7.58. The van der Waals surface area contributed by atoms with Crippen molar-refractivity contribution in [2.45, 2.75) is 33.1 Å². The van der Waals surface area contributed by atoms with Crippen LogP contribution in [0.15, 0.2) is 28.9 Å². The Labute approximate surface area is 105 Å². The van der Waals surface area contributed by atoms with Gasteiger partial charge in [-0.15, -0.1) is 0 Å². The maximum absolute atomic E-state index is 3.54. The summed E-state index contributed by atoms with van der Waals surface area (Å²) in [5.74, 6) is 1.36. The summed E-state index contributed by atoms with van der Waals surface area (Å²) < 4.78 is 1.15. The molecular formula is C14H18BrN. The van der Waals surface area contributed by atoms with E-state index < -0.39 is 0 Å². The minimum absolute atomic E-state index is 0.614. The van der Waals surface area contributed by atoms with Gasteiger partial charge in [-0.05, 0) is 42.0 Å². The largest absolute Gasteiger partial charge is 0.361 e. The van der Waals surface area contributed by atoms with Crippen LogP contribution in [0.2, 0.25) is 0 Å². The third kappa shape index (κ3) is 2.32. The van der Waals surface area contributed by atoms with Gasteiger partial charge in [-0.1, -0.05) is 36.7 Å². The van der Waals surface area contributed by atoms with Crippen molar-refractivity contribution in [3.05, 3.63) is 34.4 Å². The zero-order chi connectivity index (χ0) is 11.7. The van der Waals surface area contributed by atoms with Crippen LogP contribution in [0.4, 0.5) is 0 Å². The van der Waals surface area contributed by atoms with Gasteiger partial charge in [0.05, 0.1) is 0 Å². The van der Waals surface area contributed by atoms with E-state index >= 15 is 0 Å². The molecule has 1 unspecified atom stereocenters. The standard InChI is InChI=1S/C14H18BrN/c1-9(2)6-10(3)13-8-16-14-5-4-11(15)7-12(13)14/h4-5,7-10,16H,6H2,1-3H3. The number of aromatic amines is 1. The Bertz CT molecular complexity index is 484. The molecule has 1 N–H and O–H groups in total. The maximum Gasteiger partial charge on any atom is 0.0457 e. The molecule has 0 aliphatic rings. The average molecular weight is 280 g/mol. The normalized spacial score (nSPS) is 13.6. The van der Waals surface area contributed by atoms with Gasteiger partial charge >= 0.3 is 0 Å². The molecule has 16 heavy (non-hydrogen) atoms. The smallest absolute Gasteiger partial charge is 0.0457 e. The molecule has 1 heterocycles. The van der Waals surface area contributed by atoms with E-state index in [1.807, 2.05) is 0 Å². The fourth-order valence-electron chi connectivity index (χ4n) is 2.36. The van der Waals surface area contributed by atoms with E-state index in [-0.39, 0.29) is 0 Å². The van der Waals surface area contributed by atoms with E-state index in [0.29, 0.717) is 5.92 Å². The van der Waals surface area contributed by atoms with Gasteiger partial charge < -0.3 is 4.98 Å². The molecule has 0 fully saturated rings. The number of aromatic nitrogens is 1. The van der Waals surface area contributed by atoms with Gasteiger partial charge in [0.25, 0.3) is 0 Å². The molecule has 0 bridgehead atoms. The first-order valence-corrected chi connectivity index (χ1v) is 6.63. The molecule has 0 aliphatic heterocycles. The average Bonchev–Trinajstić information content (AvgIpc) is 2.59. The summed E-state index contributed by atoms with van der Waals surface area (Å²) in [6, 6.07) is 6.42. The summed E-state index contributed by atoms with van der Waals surface area (Å²) in [4.78, 5) is 3.35. The summed E-state index contributed by atoms with van der Waals surface area (Å²) in [6.07, 6.45) is 3.39. The lowest BCUT2D eigenvalue weighted by atomic mass is 9.92. The predicted molar refractivity (Wildman–Crippen MR) is 73.9 cm³/mol. The highest BCUT2D eigenvalue weighted by Gasteiger charge is 2.12. The predicted octanol–water partition coefficient (Wildman–Crippen LogP) is 5.08. The summed E-state index contributed by atoms with van der Waals surface area (Å²) in [5, 5.41) is 1.35. The minimum Gasteiger partial charge on any atom is -0.361 e. The molecule has 1 atom stereocenters. The van der Waals surface area contributed by atoms with Gasteiger partial charge in [0.15, 0.2) is 0 Å². The van der Waals surface area contributed by atoms with Crippen molar-refractivity contribution in [2.24, 2.45) is 5.92 Å². The van der Waals surface area contributed by atoms with Gasteiger partial charge in [-0.25, -0.2) is 0 Å². The van der Waals surface area contributed by atoms with Crippen LogP contribution in [-0.4, -0.2) is 4.98 Å². The third-order valence-corrected chi connectivity index (χ3v) is 3.52. The fraction of sp³-hybridized carbons (Fsp3) is 0.429. The number of halogens is 1. The maximum atomic E-state index is 3.54. The number of rotatable bonds is 3. The van der Waals surface area contributed by atoms with Crippen molar-refractivity contribution in [1.29, 1.82) is 0 Å². The van der Waals surface area contributed by atoms with E-state index in [0.717, 1.165) is 10.4 Å². The molecule has 0 aliphatic carbocycles. The number of H-pyrrole nitrogens is 1. The number of hydrogen-bond donors (Lipinski definition) is 1. The fourth-order valence-corrected chi connectivity index (χ4v) is 2.72. The lowest BCUT2D eigenvalue weighted by Crippen LogP contribution is -1.97. The van der Waals surface area contributed by atoms with Crippen LogP contribution in [-0.2, 0) is 0 Å². The molecule has 0 radical (unpaired) electrons. The van der Waals surface area contributed by atoms with Crippen LogP contribution in [0.3, 0.4) is 0 Å². The van der Waals surface area contributed by atoms with E-state index in [1.165, 1.54) is 22.9 Å². The molecule has 0 saturated carbocycles. The van der Waals surface area contributed by atoms with Crippen molar-refractivity contribution in [3.8, 4) is 0 Å². The quantitative estimate of drug-likeness (QED) is 0.807. The lowest BCUT2D eigenvalue weighted by Gasteiger charge is -2.13. The highest BCUT2D eigenvalue weighted by Crippen LogP contribution is 2.31. The number of benzene rings is 1. The molecule has 0 spiro atoms. The van der Waals surface area contributed by atoms with Gasteiger partial charge in [-0.2, -0.15) is 0 Å². The van der Waals surface area contributed by atoms with Gasteiger partial charge in [0.2, 0.25) is 0 Å². The highest BCUT2D eigenvalue weighted by molar-refractivity contribution is 9.10. The summed E-state index contributed by atoms with van der Waals surface area (Å²) in [5.41, 5.74) is 2.67. The summed E-state index contributed by atoms with van der Waals surface area (Å²) in [6.45, 7) is 6.87. The third-order valence-electron chi connectivity index (χ3n) is 3.03. The van der Waals surface area contributed by atoms with Crippen molar-refractivity contribution in [1.82, 2.24) is 4.98 Å². The monoisotopic (exact) mass is 279 g/mol. The molecule has 1 nitrogen and oxygen atoms in total. The van der Waals surface area contributed by atoms with Crippen molar-refractivity contribution in [2.75, 3.05) is 0 Å². The van der Waals surface area contributed by atoms with Crippen molar-refractivity contribution < 1.29 is 0 Å². The van der Waals surface area contributed by atoms with Crippen LogP contribution >= 0.6 is 15.9 Å². The van der Waals surface area contributed by atoms with Crippen molar-refractivity contribution >= 4 is 26.8 Å². The summed E-state index contributed by atoms with van der Waals surface area (Å²) >= 11 is 3.54. The van der Waals surface area contributed by atoms with Gasteiger partial charge in [0.1, 0.15) is 0 Å². The topological polar surface area (TPSA) is 15.8 Å². The Morgan fingerprint density at radius 1 is 1.25 bits per heavy atom. The van der Waals surface area contributed by atoms with E-state index in [9.17, 15) is 0 Å². The van der Waals surface area contributed by atoms with Crippen LogP contribution < -0.4 is 0 Å². The molecule has 1 aromatic carbocycles. The lowest BCUT2D eigenvalue weighted by molar-refractivity contribution is 0.525.